The molecule has 128 valence electrons. The van der Waals surface area contributed by atoms with Gasteiger partial charge in [-0.1, -0.05) is 24.3 Å². The molecular weight excluding hydrogens is 292 g/mol. The van der Waals surface area contributed by atoms with Crippen molar-refractivity contribution >= 4 is 6.09 Å². The quantitative estimate of drug-likeness (QED) is 0.925. The maximum Gasteiger partial charge on any atom is 0.410 e. The predicted octanol–water partition coefficient (Wildman–Crippen LogP) is 2.27. The molecule has 0 aromatic heterocycles. The number of aliphatic hydroxyl groups is 1. The molecule has 0 unspecified atom stereocenters. The van der Waals surface area contributed by atoms with Crippen molar-refractivity contribution < 1.29 is 14.6 Å². The van der Waals surface area contributed by atoms with Crippen LogP contribution in [0.1, 0.15) is 31.9 Å². The molecule has 2 rings (SSSR count). The van der Waals surface area contributed by atoms with Crippen molar-refractivity contribution in [1.82, 2.24) is 9.80 Å². The molecule has 0 saturated carbocycles. The van der Waals surface area contributed by atoms with Gasteiger partial charge in [0.1, 0.15) is 5.60 Å². The van der Waals surface area contributed by atoms with Crippen LogP contribution in [0.5, 0.6) is 0 Å². The number of hydrogen-bond donors (Lipinski definition) is 1. The second-order valence-corrected chi connectivity index (χ2v) is 7.03. The number of nitrogens with zero attached hydrogens (tertiary/aromatic N) is 2. The number of amides is 1. The summed E-state index contributed by atoms with van der Waals surface area (Å²) in [6, 6.07) is 8.38. The molecule has 1 heterocycles. The number of piperazine rings is 1. The van der Waals surface area contributed by atoms with Crippen molar-refractivity contribution in [2.75, 3.05) is 32.8 Å². The number of carbonyl (C=O) groups is 1. The molecule has 0 bridgehead atoms. The Morgan fingerprint density at radius 2 is 1.65 bits per heavy atom. The van der Waals surface area contributed by atoms with E-state index in [0.29, 0.717) is 19.5 Å². The Morgan fingerprint density at radius 1 is 1.09 bits per heavy atom. The minimum Gasteiger partial charge on any atom is -0.444 e. The SMILES string of the molecule is CC(C)(C)OC(=O)N1CCN(Cc2ccc(CCO)cc2)CC1. The van der Waals surface area contributed by atoms with E-state index in [4.69, 9.17) is 9.84 Å². The van der Waals surface area contributed by atoms with Gasteiger partial charge in [-0.15, -0.1) is 0 Å². The molecule has 0 atom stereocenters. The van der Waals surface area contributed by atoms with Gasteiger partial charge >= 0.3 is 6.09 Å². The number of hydrogen-bond acceptors (Lipinski definition) is 4. The van der Waals surface area contributed by atoms with Gasteiger partial charge in [0.05, 0.1) is 0 Å². The smallest absolute Gasteiger partial charge is 0.410 e. The van der Waals surface area contributed by atoms with Gasteiger partial charge in [-0.2, -0.15) is 0 Å². The molecule has 0 aliphatic carbocycles. The van der Waals surface area contributed by atoms with Crippen molar-refractivity contribution in [3.8, 4) is 0 Å². The van der Waals surface area contributed by atoms with E-state index in [-0.39, 0.29) is 12.7 Å². The number of rotatable bonds is 4. The fourth-order valence-corrected chi connectivity index (χ4v) is 2.61. The number of benzene rings is 1. The van der Waals surface area contributed by atoms with Crippen LogP contribution in [-0.2, 0) is 17.7 Å². The van der Waals surface area contributed by atoms with Gasteiger partial charge in [0.15, 0.2) is 0 Å². The Morgan fingerprint density at radius 3 is 2.17 bits per heavy atom. The second-order valence-electron chi connectivity index (χ2n) is 7.03. The molecule has 0 radical (unpaired) electrons. The standard InChI is InChI=1S/C18H28N2O3/c1-18(2,3)23-17(22)20-11-9-19(10-12-20)14-16-6-4-15(5-7-16)8-13-21/h4-7,21H,8-14H2,1-3H3. The lowest BCUT2D eigenvalue weighted by atomic mass is 10.1. The van der Waals surface area contributed by atoms with Gasteiger partial charge < -0.3 is 14.7 Å². The van der Waals surface area contributed by atoms with Crippen LogP contribution in [0.4, 0.5) is 4.79 Å². The molecule has 1 fully saturated rings. The normalized spacial score (nSPS) is 16.4. The maximum atomic E-state index is 12.0. The summed E-state index contributed by atoms with van der Waals surface area (Å²) in [7, 11) is 0. The highest BCUT2D eigenvalue weighted by atomic mass is 16.6. The van der Waals surface area contributed by atoms with Crippen molar-refractivity contribution in [2.45, 2.75) is 39.3 Å². The van der Waals surface area contributed by atoms with E-state index in [1.807, 2.05) is 20.8 Å². The summed E-state index contributed by atoms with van der Waals surface area (Å²) in [4.78, 5) is 16.2. The first-order valence-electron chi connectivity index (χ1n) is 8.26. The van der Waals surface area contributed by atoms with Crippen LogP contribution < -0.4 is 0 Å². The fraction of sp³-hybridized carbons (Fsp3) is 0.611. The highest BCUT2D eigenvalue weighted by molar-refractivity contribution is 5.68. The molecule has 0 spiro atoms. The van der Waals surface area contributed by atoms with Gasteiger partial charge in [0.2, 0.25) is 0 Å². The molecule has 1 aromatic rings. The number of carbonyl (C=O) groups excluding carboxylic acids is 1. The Bertz CT molecular complexity index is 500. The van der Waals surface area contributed by atoms with E-state index in [2.05, 4.69) is 29.2 Å². The van der Waals surface area contributed by atoms with Crippen LogP contribution in [0, 0.1) is 0 Å². The lowest BCUT2D eigenvalue weighted by Gasteiger charge is -2.35. The summed E-state index contributed by atoms with van der Waals surface area (Å²) < 4.78 is 5.41. The number of aliphatic hydroxyl groups excluding tert-OH is 1. The van der Waals surface area contributed by atoms with E-state index in [1.165, 1.54) is 5.56 Å². The minimum absolute atomic E-state index is 0.186. The maximum absolute atomic E-state index is 12.0. The first kappa shape index (κ1) is 17.8. The van der Waals surface area contributed by atoms with Crippen LogP contribution in [0.3, 0.4) is 0 Å². The molecule has 5 nitrogen and oxygen atoms in total. The van der Waals surface area contributed by atoms with Crippen LogP contribution in [0.25, 0.3) is 0 Å². The zero-order valence-corrected chi connectivity index (χ0v) is 14.4. The van der Waals surface area contributed by atoms with Crippen molar-refractivity contribution in [1.29, 1.82) is 0 Å². The Hall–Kier alpha value is -1.59. The van der Waals surface area contributed by atoms with E-state index in [0.717, 1.165) is 25.2 Å². The lowest BCUT2D eigenvalue weighted by molar-refractivity contribution is 0.0139. The molecular formula is C18H28N2O3. The van der Waals surface area contributed by atoms with Crippen LogP contribution in [-0.4, -0.2) is 59.4 Å². The van der Waals surface area contributed by atoms with Crippen LogP contribution >= 0.6 is 0 Å². The lowest BCUT2D eigenvalue weighted by Crippen LogP contribution is -2.49. The van der Waals surface area contributed by atoms with E-state index in [1.54, 1.807) is 4.90 Å². The third kappa shape index (κ3) is 5.84. The molecule has 5 heteroatoms. The first-order valence-corrected chi connectivity index (χ1v) is 8.26. The summed E-state index contributed by atoms with van der Waals surface area (Å²) in [6.07, 6.45) is 0.486. The summed E-state index contributed by atoms with van der Waals surface area (Å²) in [6.45, 7) is 9.88. The molecule has 23 heavy (non-hydrogen) atoms. The Kier molecular flexibility index (Phi) is 6.02. The summed E-state index contributed by atoms with van der Waals surface area (Å²) in [5.41, 5.74) is 1.98. The largest absolute Gasteiger partial charge is 0.444 e. The summed E-state index contributed by atoms with van der Waals surface area (Å²) in [5, 5.41) is 8.94. The zero-order chi connectivity index (χ0) is 16.9. The average Bonchev–Trinajstić information content (AvgIpc) is 2.48. The van der Waals surface area contributed by atoms with Gasteiger partial charge in [-0.25, -0.2) is 4.79 Å². The molecule has 1 aromatic carbocycles. The van der Waals surface area contributed by atoms with Crippen molar-refractivity contribution in [2.24, 2.45) is 0 Å². The van der Waals surface area contributed by atoms with Gasteiger partial charge in [0, 0.05) is 39.3 Å². The van der Waals surface area contributed by atoms with E-state index >= 15 is 0 Å². The van der Waals surface area contributed by atoms with E-state index < -0.39 is 5.60 Å². The monoisotopic (exact) mass is 320 g/mol. The number of ether oxygens (including phenoxy) is 1. The van der Waals surface area contributed by atoms with Gasteiger partial charge in [-0.05, 0) is 38.3 Å². The zero-order valence-electron chi connectivity index (χ0n) is 14.4. The van der Waals surface area contributed by atoms with Crippen molar-refractivity contribution in [3.05, 3.63) is 35.4 Å². The molecule has 1 aliphatic heterocycles. The Labute approximate surface area is 138 Å². The van der Waals surface area contributed by atoms with E-state index in [9.17, 15) is 4.79 Å². The highest BCUT2D eigenvalue weighted by Gasteiger charge is 2.25. The first-order chi connectivity index (χ1) is 10.9. The molecule has 1 aliphatic rings. The highest BCUT2D eigenvalue weighted by Crippen LogP contribution is 2.14. The van der Waals surface area contributed by atoms with Gasteiger partial charge in [-0.3, -0.25) is 4.90 Å². The third-order valence-corrected chi connectivity index (χ3v) is 3.85. The minimum atomic E-state index is -0.440. The summed E-state index contributed by atoms with van der Waals surface area (Å²) in [5.74, 6) is 0. The third-order valence-electron chi connectivity index (χ3n) is 3.85. The fourth-order valence-electron chi connectivity index (χ4n) is 2.61. The Balaban J connectivity index is 1.79. The molecule has 1 saturated heterocycles. The second kappa shape index (κ2) is 7.79. The topological polar surface area (TPSA) is 53.0 Å². The van der Waals surface area contributed by atoms with Crippen molar-refractivity contribution in [3.63, 3.8) is 0 Å². The average molecular weight is 320 g/mol. The molecule has 1 amide bonds. The van der Waals surface area contributed by atoms with Crippen LogP contribution in [0.15, 0.2) is 24.3 Å². The summed E-state index contributed by atoms with van der Waals surface area (Å²) >= 11 is 0. The van der Waals surface area contributed by atoms with Crippen LogP contribution in [0.2, 0.25) is 0 Å². The predicted molar refractivity (Wildman–Crippen MR) is 90.3 cm³/mol. The van der Waals surface area contributed by atoms with Gasteiger partial charge in [0.25, 0.3) is 0 Å². The molecule has 1 N–H and O–H groups in total.